The number of rotatable bonds is 19. The van der Waals surface area contributed by atoms with E-state index in [0.29, 0.717) is 22.9 Å². The second-order valence-corrected chi connectivity index (χ2v) is 37.3. The van der Waals surface area contributed by atoms with Gasteiger partial charge in [0.1, 0.15) is 31.8 Å². The smallest absolute Gasteiger partial charge is 0.102 e. The molecule has 9 heteroatoms. The number of nitrogens with zero attached hydrogens (tertiary/aromatic N) is 1. The summed E-state index contributed by atoms with van der Waals surface area (Å²) in [7, 11) is 2.35. The molecule has 0 aliphatic carbocycles. The standard InChI is InChI=1S/C31H43ClGeNPSi.2C18H15P.C4H10O.Ni/c1-23(2)29-20-15-21-30(24(3)4)31(29)34(33-32)36(25(5)6,26(7)8)22-35(27-16-11-9-12-17-27)28-18-13-10-14-19-28;2*1-4-10-16(11-5-1)19(17-12-6-2-7-13-17)18-14-8-3-9-15-18;1-3-5-4-2;/h9-21,23-26H,22H2,1-8H3;2*1-15H;3-4H2,1-2H3;/p+3. The van der Waals surface area contributed by atoms with Gasteiger partial charge in [-0.3, -0.25) is 0 Å². The number of benzene rings is 9. The third-order valence-electron chi connectivity index (χ3n) is 14.6. The average Bonchev–Trinajstić information content (AvgIpc) is 3.58. The minimum atomic E-state index is -2.10. The molecule has 2 radical (unpaired) electrons. The van der Waals surface area contributed by atoms with E-state index < -0.39 is 46.7 Å². The normalized spacial score (nSPS) is 11.1. The molecule has 0 saturated carbocycles. The van der Waals surface area contributed by atoms with Crippen LogP contribution in [0.1, 0.15) is 92.2 Å². The molecule has 0 spiro atoms. The van der Waals surface area contributed by atoms with Gasteiger partial charge in [0, 0.05) is 29.7 Å². The zero-order valence-corrected chi connectivity index (χ0v) is 56.6. The van der Waals surface area contributed by atoms with Gasteiger partial charge in [-0.05, 0) is 86.6 Å². The Balaban J connectivity index is 0.000000225. The van der Waals surface area contributed by atoms with Crippen molar-refractivity contribution in [2.45, 2.75) is 92.2 Å². The van der Waals surface area contributed by atoms with E-state index >= 15 is 0 Å². The molecule has 0 fully saturated rings. The molecule has 0 bridgehead atoms. The average molecular weight is 1260 g/mol. The van der Waals surface area contributed by atoms with Crippen molar-refractivity contribution < 1.29 is 21.2 Å². The summed E-state index contributed by atoms with van der Waals surface area (Å²) in [5.74, 6) is 2.20. The van der Waals surface area contributed by atoms with Gasteiger partial charge in [-0.2, -0.15) is 0 Å². The number of anilines is 1. The minimum absolute atomic E-state index is 0. The van der Waals surface area contributed by atoms with Gasteiger partial charge in [0.15, 0.2) is 0 Å². The Morgan fingerprint density at radius 3 is 0.800 bits per heavy atom. The zero-order valence-electron chi connectivity index (χ0n) is 48.8. The van der Waals surface area contributed by atoms with E-state index in [9.17, 15) is 0 Å². The Kier molecular flexibility index (Phi) is 29.5. The van der Waals surface area contributed by atoms with Gasteiger partial charge in [-0.1, -0.05) is 109 Å². The van der Waals surface area contributed by atoms with Gasteiger partial charge in [0.2, 0.25) is 0 Å². The summed E-state index contributed by atoms with van der Waals surface area (Å²) in [4.78, 5) is 0. The fourth-order valence-corrected chi connectivity index (χ4v) is 37.6. The van der Waals surface area contributed by atoms with E-state index in [2.05, 4.69) is 320 Å². The van der Waals surface area contributed by atoms with Gasteiger partial charge in [-0.15, -0.1) is 0 Å². The summed E-state index contributed by atoms with van der Waals surface area (Å²) in [6.07, 6.45) is 0. The molecule has 0 heterocycles. The summed E-state index contributed by atoms with van der Waals surface area (Å²) in [5, 5.41) is 11.6. The van der Waals surface area contributed by atoms with Crippen molar-refractivity contribution in [2.75, 3.05) is 22.5 Å². The Morgan fingerprint density at radius 1 is 0.375 bits per heavy atom. The van der Waals surface area contributed by atoms with Gasteiger partial charge in [0.05, 0.1) is 15.8 Å². The van der Waals surface area contributed by atoms with Crippen molar-refractivity contribution >= 4 is 105 Å². The van der Waals surface area contributed by atoms with Crippen LogP contribution in [0.25, 0.3) is 0 Å². The second kappa shape index (κ2) is 35.5. The summed E-state index contributed by atoms with van der Waals surface area (Å²) in [6, 6.07) is 94.6. The van der Waals surface area contributed by atoms with E-state index in [1.165, 1.54) is 65.0 Å². The van der Waals surface area contributed by atoms with Gasteiger partial charge in [0.25, 0.3) is 0 Å². The predicted octanol–water partition coefficient (Wildman–Crippen LogP) is 16.1. The van der Waals surface area contributed by atoms with Crippen molar-refractivity contribution in [3.8, 4) is 0 Å². The van der Waals surface area contributed by atoms with Crippen LogP contribution in [0.15, 0.2) is 261 Å². The third-order valence-corrected chi connectivity index (χ3v) is 36.5. The van der Waals surface area contributed by atoms with E-state index in [0.717, 1.165) is 13.2 Å². The first-order chi connectivity index (χ1) is 38.5. The molecule has 418 valence electrons. The van der Waals surface area contributed by atoms with Crippen molar-refractivity contribution in [1.82, 2.24) is 0 Å². The first kappa shape index (κ1) is 66.4. The molecule has 0 aliphatic rings. The van der Waals surface area contributed by atoms with E-state index in [1.807, 2.05) is 13.8 Å². The summed E-state index contributed by atoms with van der Waals surface area (Å²) in [5.41, 5.74) is 5.60. The minimum Gasteiger partial charge on any atom is -0.382 e. The maximum absolute atomic E-state index is 7.20. The van der Waals surface area contributed by atoms with Crippen molar-refractivity contribution in [2.24, 2.45) is 0 Å². The number of halogens is 1. The molecule has 0 aliphatic heterocycles. The molecule has 0 atom stereocenters. The van der Waals surface area contributed by atoms with Crippen molar-refractivity contribution in [3.63, 3.8) is 0 Å². The molecule has 0 saturated heterocycles. The van der Waals surface area contributed by atoms with Crippen molar-refractivity contribution in [3.05, 3.63) is 272 Å². The van der Waals surface area contributed by atoms with Crippen LogP contribution >= 0.6 is 33.8 Å². The number of ether oxygens (including phenoxy) is 1. The van der Waals surface area contributed by atoms with E-state index in [1.54, 1.807) is 0 Å². The maximum atomic E-state index is 7.20. The molecule has 9 aromatic carbocycles. The van der Waals surface area contributed by atoms with Crippen LogP contribution in [-0.2, 0) is 21.2 Å². The number of para-hydroxylation sites is 1. The quantitative estimate of drug-likeness (QED) is 0.0591. The molecular formula is C71H86ClGeNNiOP3Si+3. The van der Waals surface area contributed by atoms with E-state index in [-0.39, 0.29) is 16.5 Å². The van der Waals surface area contributed by atoms with Crippen LogP contribution in [0.2, 0.25) is 11.1 Å². The summed E-state index contributed by atoms with van der Waals surface area (Å²) >= 11 is -0.833. The fourth-order valence-electron chi connectivity index (χ4n) is 10.5. The molecular weight excluding hydrogens is 1170 g/mol. The second-order valence-electron chi connectivity index (χ2n) is 20.9. The maximum Gasteiger partial charge on any atom is 0.102 e. The predicted molar refractivity (Wildman–Crippen MR) is 365 cm³/mol. The van der Waals surface area contributed by atoms with Crippen LogP contribution in [-0.4, -0.2) is 42.0 Å². The molecule has 0 unspecified atom stereocenters. The molecule has 9 rings (SSSR count). The SMILES string of the molecule is CC(C)c1cccc(C(C)C)c1[N]([Ge][Cl])[Si](C[PH+](c1ccccc1)c1ccccc1)(C(C)C)C(C)C.CCOCC.[Ni].c1ccc([PH+](c2ccccc2)c2ccccc2)cc1.c1ccc([PH+](c2ccccc2)c2ccccc2)cc1. The van der Waals surface area contributed by atoms with Crippen LogP contribution in [0.4, 0.5) is 5.69 Å². The first-order valence-electron chi connectivity index (χ1n) is 28.4. The molecule has 0 N–H and O–H groups in total. The molecule has 2 nitrogen and oxygen atoms in total. The molecule has 0 aromatic heterocycles. The van der Waals surface area contributed by atoms with Crippen LogP contribution in [0.3, 0.4) is 0 Å². The number of hydrogen-bond donors (Lipinski definition) is 0. The monoisotopic (exact) mass is 1260 g/mol. The van der Waals surface area contributed by atoms with Gasteiger partial charge >= 0.3 is 235 Å². The summed E-state index contributed by atoms with van der Waals surface area (Å²) < 4.78 is 7.71. The largest absolute Gasteiger partial charge is 0.382 e. The van der Waals surface area contributed by atoms with Gasteiger partial charge in [-0.25, -0.2) is 0 Å². The van der Waals surface area contributed by atoms with Gasteiger partial charge < -0.3 is 4.74 Å². The Hall–Kier alpha value is -4.43. The van der Waals surface area contributed by atoms with Crippen LogP contribution in [0.5, 0.6) is 0 Å². The Bertz CT molecular complexity index is 2660. The van der Waals surface area contributed by atoms with Crippen LogP contribution < -0.4 is 46.0 Å². The summed E-state index contributed by atoms with van der Waals surface area (Å²) in [6.45, 7) is 25.0. The first-order valence-corrected chi connectivity index (χ1v) is 39.1. The Morgan fingerprint density at radius 2 is 0.613 bits per heavy atom. The van der Waals surface area contributed by atoms with E-state index in [4.69, 9.17) is 14.7 Å². The van der Waals surface area contributed by atoms with Crippen LogP contribution in [0, 0.1) is 0 Å². The molecule has 9 aromatic rings. The molecule has 0 amide bonds. The zero-order chi connectivity index (χ0) is 56.4. The third kappa shape index (κ3) is 18.5. The Labute approximate surface area is 508 Å². The number of hydrogen-bond acceptors (Lipinski definition) is 2. The fraction of sp³-hybridized carbons (Fsp3) is 0.239. The molecule has 80 heavy (non-hydrogen) atoms. The topological polar surface area (TPSA) is 12.5 Å². The van der Waals surface area contributed by atoms with Crippen molar-refractivity contribution in [1.29, 1.82) is 0 Å².